The maximum atomic E-state index is 13.7. The van der Waals surface area contributed by atoms with E-state index in [1.165, 1.54) is 54.1 Å². The van der Waals surface area contributed by atoms with Crippen LogP contribution in [-0.2, 0) is 33.6 Å². The lowest BCUT2D eigenvalue weighted by Crippen LogP contribution is -2.28. The molecule has 208 valence electrons. The normalized spacial score (nSPS) is 12.9. The van der Waals surface area contributed by atoms with Crippen molar-refractivity contribution in [3.05, 3.63) is 59.5 Å². The SMILES string of the molecule is CC(C)c1nc(N(C)S(C)(=O)=O)nc(-c2ccc(F)cc2)c1CS(=O)c1nc2ccc(OC(F)F)cc2n1C. The lowest BCUT2D eigenvalue weighted by Gasteiger charge is -2.21. The van der Waals surface area contributed by atoms with Crippen LogP contribution in [0.4, 0.5) is 19.1 Å². The molecule has 9 nitrogen and oxygen atoms in total. The van der Waals surface area contributed by atoms with E-state index in [0.29, 0.717) is 33.5 Å². The van der Waals surface area contributed by atoms with Gasteiger partial charge in [0.1, 0.15) is 11.6 Å². The molecule has 0 aliphatic rings. The Bertz CT molecular complexity index is 1660. The summed E-state index contributed by atoms with van der Waals surface area (Å²) in [5, 5.41) is 0.177. The summed E-state index contributed by atoms with van der Waals surface area (Å²) < 4.78 is 84.2. The second kappa shape index (κ2) is 10.9. The first-order valence-corrected chi connectivity index (χ1v) is 14.8. The van der Waals surface area contributed by atoms with Gasteiger partial charge in [-0.2, -0.15) is 8.78 Å². The number of imidazole rings is 1. The monoisotopic (exact) mass is 581 g/mol. The third-order valence-corrected chi connectivity index (χ3v) is 8.47. The van der Waals surface area contributed by atoms with Crippen molar-refractivity contribution < 1.29 is 30.5 Å². The second-order valence-corrected chi connectivity index (χ2v) is 12.5. The van der Waals surface area contributed by atoms with Crippen molar-refractivity contribution >= 4 is 37.8 Å². The van der Waals surface area contributed by atoms with Gasteiger partial charge >= 0.3 is 6.61 Å². The van der Waals surface area contributed by atoms with Gasteiger partial charge in [0.15, 0.2) is 5.16 Å². The van der Waals surface area contributed by atoms with Gasteiger partial charge in [-0.25, -0.2) is 32.1 Å². The molecule has 2 aromatic carbocycles. The molecule has 0 bridgehead atoms. The van der Waals surface area contributed by atoms with E-state index in [-0.39, 0.29) is 28.5 Å². The Morgan fingerprint density at radius 2 is 1.74 bits per heavy atom. The molecule has 4 rings (SSSR count). The molecule has 4 aromatic rings. The van der Waals surface area contributed by atoms with Gasteiger partial charge < -0.3 is 9.30 Å². The average molecular weight is 582 g/mol. The number of alkyl halides is 2. The van der Waals surface area contributed by atoms with Gasteiger partial charge in [0.25, 0.3) is 0 Å². The fourth-order valence-corrected chi connectivity index (χ4v) is 5.63. The van der Waals surface area contributed by atoms with Gasteiger partial charge in [0.2, 0.25) is 16.0 Å². The minimum atomic E-state index is -3.70. The lowest BCUT2D eigenvalue weighted by atomic mass is 9.99. The molecular formula is C25H26F3N5O4S2. The highest BCUT2D eigenvalue weighted by molar-refractivity contribution is 7.92. The zero-order valence-electron chi connectivity index (χ0n) is 21.7. The molecule has 0 saturated carbocycles. The first-order valence-electron chi connectivity index (χ1n) is 11.7. The van der Waals surface area contributed by atoms with Gasteiger partial charge in [0, 0.05) is 31.3 Å². The van der Waals surface area contributed by atoms with Gasteiger partial charge in [-0.05, 0) is 42.3 Å². The summed E-state index contributed by atoms with van der Waals surface area (Å²) in [4.78, 5) is 13.4. The Labute approximate surface area is 226 Å². The molecule has 1 unspecified atom stereocenters. The van der Waals surface area contributed by atoms with Crippen molar-refractivity contribution in [1.29, 1.82) is 0 Å². The number of halogens is 3. The van der Waals surface area contributed by atoms with Crippen LogP contribution >= 0.6 is 0 Å². The van der Waals surface area contributed by atoms with Crippen LogP contribution in [0, 0.1) is 5.82 Å². The molecule has 0 fully saturated rings. The Balaban J connectivity index is 1.85. The Morgan fingerprint density at radius 3 is 2.33 bits per heavy atom. The van der Waals surface area contributed by atoms with Crippen LogP contribution in [0.1, 0.15) is 31.0 Å². The number of aryl methyl sites for hydroxylation is 1. The van der Waals surface area contributed by atoms with Gasteiger partial charge in [-0.3, -0.25) is 4.21 Å². The summed E-state index contributed by atoms with van der Waals surface area (Å²) in [6.07, 6.45) is 1.02. The number of nitrogens with zero attached hydrogens (tertiary/aromatic N) is 5. The molecule has 1 atom stereocenters. The molecule has 0 saturated heterocycles. The summed E-state index contributed by atoms with van der Waals surface area (Å²) in [6.45, 7) is 0.716. The number of ether oxygens (including phenoxy) is 1. The molecule has 0 N–H and O–H groups in total. The molecular weight excluding hydrogens is 555 g/mol. The quantitative estimate of drug-likeness (QED) is 0.284. The maximum Gasteiger partial charge on any atom is 0.387 e. The molecule has 14 heteroatoms. The molecule has 39 heavy (non-hydrogen) atoms. The molecule has 2 heterocycles. The standard InChI is InChI=1S/C25H26F3N5O4S2/c1-14(2)21-18(13-38(34)25-29-19-11-10-17(37-23(27)28)12-20(19)32(25)3)22(15-6-8-16(26)9-7-15)31-24(30-21)33(4)39(5,35)36/h6-12,14,23H,13H2,1-5H3. The van der Waals surface area contributed by atoms with Crippen LogP contribution in [0.2, 0.25) is 0 Å². The number of rotatable bonds is 9. The Kier molecular flexibility index (Phi) is 7.98. The fraction of sp³-hybridized carbons (Fsp3) is 0.320. The molecule has 0 spiro atoms. The third kappa shape index (κ3) is 6.06. The van der Waals surface area contributed by atoms with Crippen molar-refractivity contribution in [1.82, 2.24) is 19.5 Å². The summed E-state index contributed by atoms with van der Waals surface area (Å²) in [6, 6.07) is 9.72. The highest BCUT2D eigenvalue weighted by Crippen LogP contribution is 2.33. The number of anilines is 1. The zero-order valence-corrected chi connectivity index (χ0v) is 23.4. The number of sulfonamides is 1. The number of hydrogen-bond acceptors (Lipinski definition) is 7. The van der Waals surface area contributed by atoms with Crippen molar-refractivity contribution in [3.63, 3.8) is 0 Å². The number of fused-ring (bicyclic) bond motifs is 1. The summed E-state index contributed by atoms with van der Waals surface area (Å²) in [5.41, 5.74) is 2.62. The van der Waals surface area contributed by atoms with E-state index in [1.54, 1.807) is 7.05 Å². The summed E-state index contributed by atoms with van der Waals surface area (Å²) in [5.74, 6) is -0.923. The second-order valence-electron chi connectivity index (χ2n) is 9.10. The maximum absolute atomic E-state index is 13.7. The third-order valence-electron chi connectivity index (χ3n) is 5.99. The van der Waals surface area contributed by atoms with Crippen molar-refractivity contribution in [2.75, 3.05) is 17.6 Å². The van der Waals surface area contributed by atoms with E-state index >= 15 is 0 Å². The highest BCUT2D eigenvalue weighted by Gasteiger charge is 2.26. The van der Waals surface area contributed by atoms with Crippen molar-refractivity contribution in [2.24, 2.45) is 7.05 Å². The summed E-state index contributed by atoms with van der Waals surface area (Å²) in [7, 11) is -2.53. The van der Waals surface area contributed by atoms with E-state index in [0.717, 1.165) is 10.6 Å². The minimum Gasteiger partial charge on any atom is -0.435 e. The minimum absolute atomic E-state index is 0.0579. The number of hydrogen-bond donors (Lipinski definition) is 0. The van der Waals surface area contributed by atoms with Crippen LogP contribution in [0.5, 0.6) is 5.75 Å². The van der Waals surface area contributed by atoms with E-state index in [4.69, 9.17) is 0 Å². The molecule has 0 radical (unpaired) electrons. The predicted molar refractivity (Wildman–Crippen MR) is 142 cm³/mol. The molecule has 0 aliphatic heterocycles. The fourth-order valence-electron chi connectivity index (χ4n) is 3.97. The zero-order chi connectivity index (χ0) is 28.6. The lowest BCUT2D eigenvalue weighted by molar-refractivity contribution is -0.0497. The Hall–Kier alpha value is -3.52. The first kappa shape index (κ1) is 28.5. The largest absolute Gasteiger partial charge is 0.435 e. The van der Waals surface area contributed by atoms with Gasteiger partial charge in [0.05, 0.1) is 45.2 Å². The van der Waals surface area contributed by atoms with Gasteiger partial charge in [-0.1, -0.05) is 13.8 Å². The number of aromatic nitrogens is 4. The highest BCUT2D eigenvalue weighted by atomic mass is 32.2. The first-order chi connectivity index (χ1) is 18.3. The molecule has 0 amide bonds. The predicted octanol–water partition coefficient (Wildman–Crippen LogP) is 4.60. The van der Waals surface area contributed by atoms with E-state index < -0.39 is 33.3 Å². The van der Waals surface area contributed by atoms with Gasteiger partial charge in [-0.15, -0.1) is 0 Å². The topological polar surface area (TPSA) is 107 Å². The smallest absolute Gasteiger partial charge is 0.387 e. The van der Waals surface area contributed by atoms with Crippen LogP contribution in [0.15, 0.2) is 47.6 Å². The van der Waals surface area contributed by atoms with E-state index in [9.17, 15) is 25.8 Å². The van der Waals surface area contributed by atoms with E-state index in [2.05, 4.69) is 19.7 Å². The molecule has 2 aromatic heterocycles. The van der Waals surface area contributed by atoms with Crippen molar-refractivity contribution in [3.8, 4) is 17.0 Å². The van der Waals surface area contributed by atoms with Crippen LogP contribution in [-0.4, -0.2) is 52.1 Å². The Morgan fingerprint density at radius 1 is 1.08 bits per heavy atom. The van der Waals surface area contributed by atoms with E-state index in [1.807, 2.05) is 13.8 Å². The number of benzene rings is 2. The summed E-state index contributed by atoms with van der Waals surface area (Å²) >= 11 is 0. The van der Waals surface area contributed by atoms with Crippen LogP contribution in [0.25, 0.3) is 22.3 Å². The average Bonchev–Trinajstić information content (AvgIpc) is 3.19. The van der Waals surface area contributed by atoms with Crippen LogP contribution in [0.3, 0.4) is 0 Å². The molecule has 0 aliphatic carbocycles. The van der Waals surface area contributed by atoms with Crippen LogP contribution < -0.4 is 9.04 Å². The van der Waals surface area contributed by atoms with Crippen molar-refractivity contribution in [2.45, 2.75) is 37.3 Å².